The molecule has 1 aliphatic carbocycles. The first-order chi connectivity index (χ1) is 9.92. The van der Waals surface area contributed by atoms with E-state index in [0.29, 0.717) is 22.2 Å². The Morgan fingerprint density at radius 1 is 1.29 bits per heavy atom. The standard InChI is InChI=1S/C15H18Cl2N2O2/c1-3-8(2)18-14(20)10-7-11(10)15(21)19-13-5-4-9(16)6-12(13)17/h4-6,8,10-11H,3,7H2,1-2H3,(H,18,20)(H,19,21). The summed E-state index contributed by atoms with van der Waals surface area (Å²) in [5, 5.41) is 6.53. The maximum Gasteiger partial charge on any atom is 0.228 e. The van der Waals surface area contributed by atoms with E-state index in [-0.39, 0.29) is 29.7 Å². The Balaban J connectivity index is 1.90. The molecule has 2 amide bonds. The highest BCUT2D eigenvalue weighted by Crippen LogP contribution is 2.40. The van der Waals surface area contributed by atoms with E-state index in [1.54, 1.807) is 18.2 Å². The van der Waals surface area contributed by atoms with Crippen molar-refractivity contribution in [1.29, 1.82) is 0 Å². The van der Waals surface area contributed by atoms with E-state index in [2.05, 4.69) is 10.6 Å². The van der Waals surface area contributed by atoms with Gasteiger partial charge in [-0.3, -0.25) is 9.59 Å². The van der Waals surface area contributed by atoms with E-state index in [9.17, 15) is 9.59 Å². The van der Waals surface area contributed by atoms with Crippen molar-refractivity contribution in [2.45, 2.75) is 32.7 Å². The second kappa shape index (κ2) is 6.67. The summed E-state index contributed by atoms with van der Waals surface area (Å²) in [6, 6.07) is 5.01. The largest absolute Gasteiger partial charge is 0.353 e. The van der Waals surface area contributed by atoms with Crippen LogP contribution < -0.4 is 10.6 Å². The topological polar surface area (TPSA) is 58.2 Å². The Kier molecular flexibility index (Phi) is 5.12. The van der Waals surface area contributed by atoms with Gasteiger partial charge in [-0.25, -0.2) is 0 Å². The van der Waals surface area contributed by atoms with Gasteiger partial charge in [-0.2, -0.15) is 0 Å². The zero-order valence-electron chi connectivity index (χ0n) is 12.0. The molecule has 2 rings (SSSR count). The molecule has 1 fully saturated rings. The van der Waals surface area contributed by atoms with Crippen molar-refractivity contribution in [3.63, 3.8) is 0 Å². The number of benzene rings is 1. The molecule has 0 radical (unpaired) electrons. The highest BCUT2D eigenvalue weighted by molar-refractivity contribution is 6.36. The molecule has 3 unspecified atom stereocenters. The van der Waals surface area contributed by atoms with Gasteiger partial charge < -0.3 is 10.6 Å². The Morgan fingerprint density at radius 3 is 2.57 bits per heavy atom. The van der Waals surface area contributed by atoms with Gasteiger partial charge in [0.25, 0.3) is 0 Å². The first-order valence-electron chi connectivity index (χ1n) is 6.98. The minimum absolute atomic E-state index is 0.0493. The van der Waals surface area contributed by atoms with Crippen LogP contribution in [0, 0.1) is 11.8 Å². The molecule has 114 valence electrons. The van der Waals surface area contributed by atoms with Crippen molar-refractivity contribution in [1.82, 2.24) is 5.32 Å². The van der Waals surface area contributed by atoms with Gasteiger partial charge in [0.05, 0.1) is 22.5 Å². The molecule has 6 heteroatoms. The van der Waals surface area contributed by atoms with Crippen LogP contribution in [-0.4, -0.2) is 17.9 Å². The lowest BCUT2D eigenvalue weighted by molar-refractivity contribution is -0.125. The molecule has 4 nitrogen and oxygen atoms in total. The molecule has 1 aromatic carbocycles. The quantitative estimate of drug-likeness (QED) is 0.869. The average molecular weight is 329 g/mol. The van der Waals surface area contributed by atoms with Gasteiger partial charge in [0.1, 0.15) is 0 Å². The first kappa shape index (κ1) is 16.1. The van der Waals surface area contributed by atoms with E-state index in [4.69, 9.17) is 23.2 Å². The van der Waals surface area contributed by atoms with Crippen LogP contribution in [0.2, 0.25) is 10.0 Å². The zero-order valence-corrected chi connectivity index (χ0v) is 13.5. The van der Waals surface area contributed by atoms with Crippen molar-refractivity contribution in [3.8, 4) is 0 Å². The van der Waals surface area contributed by atoms with Crippen LogP contribution in [0.3, 0.4) is 0 Å². The fourth-order valence-corrected chi connectivity index (χ4v) is 2.50. The summed E-state index contributed by atoms with van der Waals surface area (Å²) in [6.07, 6.45) is 1.45. The van der Waals surface area contributed by atoms with Crippen molar-refractivity contribution < 1.29 is 9.59 Å². The molecule has 0 aliphatic heterocycles. The molecular weight excluding hydrogens is 311 g/mol. The molecule has 3 atom stereocenters. The number of hydrogen-bond donors (Lipinski definition) is 2. The van der Waals surface area contributed by atoms with Gasteiger partial charge in [-0.1, -0.05) is 30.1 Å². The number of rotatable bonds is 5. The smallest absolute Gasteiger partial charge is 0.228 e. The maximum absolute atomic E-state index is 12.1. The first-order valence-corrected chi connectivity index (χ1v) is 7.74. The third-order valence-corrected chi connectivity index (χ3v) is 4.20. The summed E-state index contributed by atoms with van der Waals surface area (Å²) >= 11 is 11.8. The molecule has 0 bridgehead atoms. The highest BCUT2D eigenvalue weighted by Gasteiger charge is 2.48. The minimum Gasteiger partial charge on any atom is -0.353 e. The second-order valence-corrected chi connectivity index (χ2v) is 6.22. The number of hydrogen-bond acceptors (Lipinski definition) is 2. The fourth-order valence-electron chi connectivity index (χ4n) is 2.04. The molecular formula is C15H18Cl2N2O2. The Hall–Kier alpha value is -1.26. The van der Waals surface area contributed by atoms with Crippen molar-refractivity contribution in [3.05, 3.63) is 28.2 Å². The summed E-state index contributed by atoms with van der Waals surface area (Å²) in [4.78, 5) is 24.0. The van der Waals surface area contributed by atoms with Crippen LogP contribution in [0.25, 0.3) is 0 Å². The molecule has 1 aromatic rings. The minimum atomic E-state index is -0.277. The van der Waals surface area contributed by atoms with Crippen LogP contribution in [0.4, 0.5) is 5.69 Å². The van der Waals surface area contributed by atoms with Crippen molar-refractivity contribution in [2.24, 2.45) is 11.8 Å². The predicted octanol–water partition coefficient (Wildman–Crippen LogP) is 3.48. The highest BCUT2D eigenvalue weighted by atomic mass is 35.5. The molecule has 1 aliphatic rings. The van der Waals surface area contributed by atoms with E-state index in [1.807, 2.05) is 13.8 Å². The molecule has 1 saturated carbocycles. The zero-order chi connectivity index (χ0) is 15.6. The van der Waals surface area contributed by atoms with E-state index < -0.39 is 0 Å². The monoisotopic (exact) mass is 328 g/mol. The number of nitrogens with one attached hydrogen (secondary N) is 2. The lowest BCUT2D eigenvalue weighted by Gasteiger charge is -2.11. The number of anilines is 1. The molecule has 21 heavy (non-hydrogen) atoms. The lowest BCUT2D eigenvalue weighted by atomic mass is 10.2. The molecule has 0 aromatic heterocycles. The second-order valence-electron chi connectivity index (χ2n) is 5.38. The Bertz CT molecular complexity index is 563. The average Bonchev–Trinajstić information content (AvgIpc) is 3.22. The van der Waals surface area contributed by atoms with Gasteiger partial charge in [-0.05, 0) is 38.0 Å². The molecule has 0 saturated heterocycles. The Labute approximate surface area is 134 Å². The van der Waals surface area contributed by atoms with Crippen LogP contribution in [0.5, 0.6) is 0 Å². The van der Waals surface area contributed by atoms with Gasteiger partial charge in [-0.15, -0.1) is 0 Å². The number of carbonyl (C=O) groups is 2. The van der Waals surface area contributed by atoms with Gasteiger partial charge in [0, 0.05) is 11.1 Å². The maximum atomic E-state index is 12.1. The summed E-state index contributed by atoms with van der Waals surface area (Å²) in [6.45, 7) is 3.95. The van der Waals surface area contributed by atoms with Gasteiger partial charge >= 0.3 is 0 Å². The number of amides is 2. The molecule has 2 N–H and O–H groups in total. The third kappa shape index (κ3) is 4.11. The van der Waals surface area contributed by atoms with E-state index in [0.717, 1.165) is 6.42 Å². The fraction of sp³-hybridized carbons (Fsp3) is 0.467. The normalized spacial score (nSPS) is 21.5. The van der Waals surface area contributed by atoms with Gasteiger partial charge in [0.15, 0.2) is 0 Å². The summed E-state index contributed by atoms with van der Waals surface area (Å²) in [7, 11) is 0. The third-order valence-electron chi connectivity index (χ3n) is 3.65. The van der Waals surface area contributed by atoms with E-state index in [1.165, 1.54) is 0 Å². The summed E-state index contributed by atoms with van der Waals surface area (Å²) < 4.78 is 0. The predicted molar refractivity (Wildman–Crippen MR) is 84.6 cm³/mol. The van der Waals surface area contributed by atoms with E-state index >= 15 is 0 Å². The van der Waals surface area contributed by atoms with Crippen LogP contribution in [0.1, 0.15) is 26.7 Å². The van der Waals surface area contributed by atoms with Crippen molar-refractivity contribution in [2.75, 3.05) is 5.32 Å². The van der Waals surface area contributed by atoms with Gasteiger partial charge in [0.2, 0.25) is 11.8 Å². The molecule has 0 heterocycles. The SMILES string of the molecule is CCC(C)NC(=O)C1CC1C(=O)Nc1ccc(Cl)cc1Cl. The number of halogens is 2. The molecule has 0 spiro atoms. The summed E-state index contributed by atoms with van der Waals surface area (Å²) in [5.74, 6) is -0.735. The summed E-state index contributed by atoms with van der Waals surface area (Å²) in [5.41, 5.74) is 0.513. The van der Waals surface area contributed by atoms with Crippen LogP contribution in [0.15, 0.2) is 18.2 Å². The number of carbonyl (C=O) groups excluding carboxylic acids is 2. The van der Waals surface area contributed by atoms with Crippen molar-refractivity contribution >= 4 is 40.7 Å². The Morgan fingerprint density at radius 2 is 1.95 bits per heavy atom. The van der Waals surface area contributed by atoms with Crippen LogP contribution >= 0.6 is 23.2 Å². The lowest BCUT2D eigenvalue weighted by Crippen LogP contribution is -2.34. The van der Waals surface area contributed by atoms with Crippen LogP contribution in [-0.2, 0) is 9.59 Å².